The van der Waals surface area contributed by atoms with Gasteiger partial charge in [0.15, 0.2) is 0 Å². The Kier molecular flexibility index (Phi) is 1.52. The molecule has 2 rings (SSSR count). The molecule has 0 amide bonds. The van der Waals surface area contributed by atoms with Gasteiger partial charge in [0.2, 0.25) is 0 Å². The average Bonchev–Trinajstić information content (AvgIpc) is 2.42. The molecule has 1 aliphatic carbocycles. The molecule has 2 bridgehead atoms. The molecule has 2 heteroatoms. The third-order valence-corrected chi connectivity index (χ3v) is 3.50. The van der Waals surface area contributed by atoms with E-state index in [0.29, 0.717) is 11.8 Å². The van der Waals surface area contributed by atoms with Crippen LogP contribution in [0.15, 0.2) is 0 Å². The van der Waals surface area contributed by atoms with Gasteiger partial charge in [0.1, 0.15) is 0 Å². The van der Waals surface area contributed by atoms with Gasteiger partial charge in [0.05, 0.1) is 18.3 Å². The molecule has 2 nitrogen and oxygen atoms in total. The van der Waals surface area contributed by atoms with Crippen LogP contribution in [0.1, 0.15) is 26.7 Å². The minimum atomic E-state index is -0.192. The van der Waals surface area contributed by atoms with Gasteiger partial charge in [0.25, 0.3) is 0 Å². The molecule has 4 atom stereocenters. The lowest BCUT2D eigenvalue weighted by Gasteiger charge is -2.28. The first-order valence-electron chi connectivity index (χ1n) is 4.51. The molecule has 1 saturated carbocycles. The molecule has 0 spiro atoms. The molecule has 0 aromatic heterocycles. The number of rotatable bonds is 1. The van der Waals surface area contributed by atoms with E-state index in [1.165, 1.54) is 0 Å². The molecule has 2 fully saturated rings. The molecule has 1 N–H and O–H groups in total. The average molecular weight is 156 g/mol. The minimum Gasteiger partial charge on any atom is -0.390 e. The third kappa shape index (κ3) is 0.798. The van der Waals surface area contributed by atoms with Gasteiger partial charge in [-0.2, -0.15) is 0 Å². The molecule has 1 saturated heterocycles. The van der Waals surface area contributed by atoms with E-state index < -0.39 is 0 Å². The zero-order valence-corrected chi connectivity index (χ0v) is 7.21. The zero-order chi connectivity index (χ0) is 8.06. The number of fused-ring (bicyclic) bond motifs is 2. The molecule has 1 heterocycles. The summed E-state index contributed by atoms with van der Waals surface area (Å²) in [5.41, 5.74) is -0.163. The van der Waals surface area contributed by atoms with Crippen LogP contribution in [0.4, 0.5) is 0 Å². The largest absolute Gasteiger partial charge is 0.390 e. The standard InChI is InChI=1S/C9H16O2/c1-3-9-4-6(2)7(5-11-9)8(9)10/h6-8,10H,3-5H2,1-2H3/t6-,7+,8-,9-/m0/s1. The summed E-state index contributed by atoms with van der Waals surface area (Å²) >= 11 is 0. The van der Waals surface area contributed by atoms with Crippen molar-refractivity contribution in [2.24, 2.45) is 11.8 Å². The fourth-order valence-electron chi connectivity index (χ4n) is 2.64. The lowest BCUT2D eigenvalue weighted by Crippen LogP contribution is -2.35. The van der Waals surface area contributed by atoms with Crippen molar-refractivity contribution in [3.05, 3.63) is 0 Å². The molecule has 0 aromatic carbocycles. The van der Waals surface area contributed by atoms with E-state index in [1.807, 2.05) is 0 Å². The van der Waals surface area contributed by atoms with Crippen molar-refractivity contribution >= 4 is 0 Å². The molecule has 11 heavy (non-hydrogen) atoms. The lowest BCUT2D eigenvalue weighted by atomic mass is 9.96. The van der Waals surface area contributed by atoms with Gasteiger partial charge >= 0.3 is 0 Å². The maximum absolute atomic E-state index is 9.82. The van der Waals surface area contributed by atoms with E-state index >= 15 is 0 Å². The van der Waals surface area contributed by atoms with Crippen LogP contribution in [0, 0.1) is 11.8 Å². The SMILES string of the molecule is CC[C@@]12C[C@H](C)[C@@H](CO1)[C@@H]2O. The summed E-state index contributed by atoms with van der Waals surface area (Å²) in [6.07, 6.45) is 1.81. The second-order valence-electron chi connectivity index (χ2n) is 4.02. The maximum atomic E-state index is 9.82. The van der Waals surface area contributed by atoms with Crippen molar-refractivity contribution in [2.75, 3.05) is 6.61 Å². The fraction of sp³-hybridized carbons (Fsp3) is 1.00. The van der Waals surface area contributed by atoms with E-state index in [4.69, 9.17) is 4.74 Å². The lowest BCUT2D eigenvalue weighted by molar-refractivity contribution is -0.0649. The van der Waals surface area contributed by atoms with Gasteiger partial charge in [-0.25, -0.2) is 0 Å². The zero-order valence-electron chi connectivity index (χ0n) is 7.21. The van der Waals surface area contributed by atoms with Gasteiger partial charge < -0.3 is 9.84 Å². The number of ether oxygens (including phenoxy) is 1. The van der Waals surface area contributed by atoms with Crippen molar-refractivity contribution in [3.8, 4) is 0 Å². The van der Waals surface area contributed by atoms with E-state index in [0.717, 1.165) is 19.4 Å². The van der Waals surface area contributed by atoms with Crippen LogP contribution in [0.3, 0.4) is 0 Å². The summed E-state index contributed by atoms with van der Waals surface area (Å²) < 4.78 is 5.62. The molecule has 64 valence electrons. The van der Waals surface area contributed by atoms with E-state index in [-0.39, 0.29) is 11.7 Å². The number of hydrogen-bond donors (Lipinski definition) is 1. The number of aliphatic hydroxyl groups excluding tert-OH is 1. The molecule has 0 unspecified atom stereocenters. The summed E-state index contributed by atoms with van der Waals surface area (Å²) in [5.74, 6) is 1.06. The fourth-order valence-corrected chi connectivity index (χ4v) is 2.64. The highest BCUT2D eigenvalue weighted by Crippen LogP contribution is 2.49. The highest BCUT2D eigenvalue weighted by molar-refractivity contribution is 5.05. The van der Waals surface area contributed by atoms with Crippen molar-refractivity contribution in [3.63, 3.8) is 0 Å². The van der Waals surface area contributed by atoms with Gasteiger partial charge in [-0.1, -0.05) is 13.8 Å². The van der Waals surface area contributed by atoms with Crippen LogP contribution in [-0.2, 0) is 4.74 Å². The first kappa shape index (κ1) is 7.56. The Balaban J connectivity index is 2.24. The van der Waals surface area contributed by atoms with Crippen LogP contribution < -0.4 is 0 Å². The first-order valence-corrected chi connectivity index (χ1v) is 4.51. The van der Waals surface area contributed by atoms with Crippen molar-refractivity contribution in [1.29, 1.82) is 0 Å². The predicted octanol–water partition coefficient (Wildman–Crippen LogP) is 1.18. The second kappa shape index (κ2) is 2.20. The molecule has 0 radical (unpaired) electrons. The first-order chi connectivity index (χ1) is 5.19. The molecular weight excluding hydrogens is 140 g/mol. The molecular formula is C9H16O2. The van der Waals surface area contributed by atoms with Crippen molar-refractivity contribution in [1.82, 2.24) is 0 Å². The highest BCUT2D eigenvalue weighted by atomic mass is 16.5. The van der Waals surface area contributed by atoms with Gasteiger partial charge in [-0.3, -0.25) is 0 Å². The predicted molar refractivity (Wildman–Crippen MR) is 42.3 cm³/mol. The number of aliphatic hydroxyl groups is 1. The minimum absolute atomic E-state index is 0.163. The van der Waals surface area contributed by atoms with Crippen LogP contribution in [0.2, 0.25) is 0 Å². The van der Waals surface area contributed by atoms with Crippen LogP contribution >= 0.6 is 0 Å². The molecule has 1 aliphatic heterocycles. The summed E-state index contributed by atoms with van der Waals surface area (Å²) in [6.45, 7) is 5.09. The summed E-state index contributed by atoms with van der Waals surface area (Å²) in [7, 11) is 0. The number of hydrogen-bond acceptors (Lipinski definition) is 2. The Morgan fingerprint density at radius 2 is 2.36 bits per heavy atom. The Bertz CT molecular complexity index is 169. The molecule has 0 aromatic rings. The van der Waals surface area contributed by atoms with Crippen LogP contribution in [0.5, 0.6) is 0 Å². The van der Waals surface area contributed by atoms with Crippen molar-refractivity contribution in [2.45, 2.75) is 38.4 Å². The van der Waals surface area contributed by atoms with Gasteiger partial charge in [-0.15, -0.1) is 0 Å². The van der Waals surface area contributed by atoms with E-state index in [1.54, 1.807) is 0 Å². The van der Waals surface area contributed by atoms with E-state index in [9.17, 15) is 5.11 Å². The Labute approximate surface area is 67.6 Å². The Morgan fingerprint density at radius 3 is 2.64 bits per heavy atom. The summed E-state index contributed by atoms with van der Waals surface area (Å²) in [5, 5.41) is 9.82. The van der Waals surface area contributed by atoms with Crippen LogP contribution in [0.25, 0.3) is 0 Å². The van der Waals surface area contributed by atoms with Gasteiger partial charge in [-0.05, 0) is 18.8 Å². The normalized spacial score (nSPS) is 55.4. The smallest absolute Gasteiger partial charge is 0.0944 e. The van der Waals surface area contributed by atoms with Crippen molar-refractivity contribution < 1.29 is 9.84 Å². The monoisotopic (exact) mass is 156 g/mol. The summed E-state index contributed by atoms with van der Waals surface area (Å²) in [4.78, 5) is 0. The van der Waals surface area contributed by atoms with Gasteiger partial charge in [0, 0.05) is 5.92 Å². The topological polar surface area (TPSA) is 29.5 Å². The summed E-state index contributed by atoms with van der Waals surface area (Å²) in [6, 6.07) is 0. The quantitative estimate of drug-likeness (QED) is 0.617. The Hall–Kier alpha value is -0.0800. The Morgan fingerprint density at radius 1 is 1.64 bits per heavy atom. The highest BCUT2D eigenvalue weighted by Gasteiger charge is 2.56. The van der Waals surface area contributed by atoms with E-state index in [2.05, 4.69) is 13.8 Å². The molecule has 2 aliphatic rings. The maximum Gasteiger partial charge on any atom is 0.0944 e. The van der Waals surface area contributed by atoms with Crippen LogP contribution in [-0.4, -0.2) is 23.4 Å². The second-order valence-corrected chi connectivity index (χ2v) is 4.02. The third-order valence-electron chi connectivity index (χ3n) is 3.50.